The van der Waals surface area contributed by atoms with Gasteiger partial charge in [0.2, 0.25) is 5.91 Å². The molecule has 1 heterocycles. The summed E-state index contributed by atoms with van der Waals surface area (Å²) in [4.78, 5) is 27.8. The molecule has 0 radical (unpaired) electrons. The minimum Gasteiger partial charge on any atom is -0.431 e. The van der Waals surface area contributed by atoms with Crippen molar-refractivity contribution in [2.24, 2.45) is 5.92 Å². The maximum absolute atomic E-state index is 12.2. The van der Waals surface area contributed by atoms with Crippen molar-refractivity contribution in [2.75, 3.05) is 10.6 Å². The molecule has 6 heteroatoms. The predicted molar refractivity (Wildman–Crippen MR) is 81.7 cm³/mol. The van der Waals surface area contributed by atoms with Gasteiger partial charge in [-0.3, -0.25) is 14.9 Å². The van der Waals surface area contributed by atoms with Gasteiger partial charge in [-0.2, -0.15) is 4.98 Å². The van der Waals surface area contributed by atoms with Gasteiger partial charge in [-0.1, -0.05) is 12.1 Å². The molecule has 0 aliphatic heterocycles. The highest BCUT2D eigenvalue weighted by molar-refractivity contribution is 6.03. The second-order valence-electron chi connectivity index (χ2n) is 5.57. The zero-order chi connectivity index (χ0) is 15.7. The first-order valence-corrected chi connectivity index (χ1v) is 7.18. The third kappa shape index (κ3) is 3.16. The highest BCUT2D eigenvalue weighted by Gasteiger charge is 2.30. The van der Waals surface area contributed by atoms with Crippen LogP contribution < -0.4 is 10.6 Å². The van der Waals surface area contributed by atoms with Crippen molar-refractivity contribution in [3.63, 3.8) is 0 Å². The minimum absolute atomic E-state index is 0.0547. The summed E-state index contributed by atoms with van der Waals surface area (Å²) in [5, 5.41) is 5.36. The summed E-state index contributed by atoms with van der Waals surface area (Å²) in [5.74, 6) is -0.424. The molecule has 3 rings (SSSR count). The van der Waals surface area contributed by atoms with Gasteiger partial charge in [-0.15, -0.1) is 0 Å². The van der Waals surface area contributed by atoms with Crippen molar-refractivity contribution in [3.05, 3.63) is 41.3 Å². The van der Waals surface area contributed by atoms with Crippen LogP contribution in [0, 0.1) is 19.8 Å². The van der Waals surface area contributed by atoms with Crippen LogP contribution in [0.1, 0.15) is 34.5 Å². The van der Waals surface area contributed by atoms with Crippen molar-refractivity contribution in [3.8, 4) is 0 Å². The molecule has 0 bridgehead atoms. The number of nitrogens with one attached hydrogen (secondary N) is 2. The van der Waals surface area contributed by atoms with E-state index in [1.165, 1.54) is 6.26 Å². The first-order valence-electron chi connectivity index (χ1n) is 7.18. The van der Waals surface area contributed by atoms with E-state index in [0.29, 0.717) is 0 Å². The van der Waals surface area contributed by atoms with E-state index in [9.17, 15) is 9.59 Å². The van der Waals surface area contributed by atoms with Crippen LogP contribution in [0.3, 0.4) is 0 Å². The van der Waals surface area contributed by atoms with Gasteiger partial charge in [0.05, 0.1) is 0 Å². The van der Waals surface area contributed by atoms with Gasteiger partial charge in [0, 0.05) is 11.6 Å². The molecule has 1 aromatic carbocycles. The lowest BCUT2D eigenvalue weighted by atomic mass is 10.1. The average molecular weight is 299 g/mol. The van der Waals surface area contributed by atoms with Gasteiger partial charge in [0.15, 0.2) is 5.69 Å². The number of aromatic nitrogens is 1. The molecule has 0 atom stereocenters. The van der Waals surface area contributed by atoms with Crippen LogP contribution >= 0.6 is 0 Å². The summed E-state index contributed by atoms with van der Waals surface area (Å²) in [7, 11) is 0. The van der Waals surface area contributed by atoms with Gasteiger partial charge in [0.25, 0.3) is 5.91 Å². The van der Waals surface area contributed by atoms with E-state index in [1.807, 2.05) is 32.0 Å². The van der Waals surface area contributed by atoms with Crippen molar-refractivity contribution in [2.45, 2.75) is 26.7 Å². The molecule has 1 aromatic heterocycles. The number of benzene rings is 1. The molecule has 1 aliphatic carbocycles. The Morgan fingerprint density at radius 1 is 1.23 bits per heavy atom. The molecule has 1 fully saturated rings. The van der Waals surface area contributed by atoms with Crippen LogP contribution in [0.5, 0.6) is 0 Å². The van der Waals surface area contributed by atoms with Crippen LogP contribution in [-0.4, -0.2) is 16.8 Å². The lowest BCUT2D eigenvalue weighted by Gasteiger charge is -2.07. The molecule has 1 aliphatic rings. The van der Waals surface area contributed by atoms with E-state index in [-0.39, 0.29) is 29.4 Å². The largest absolute Gasteiger partial charge is 0.431 e. The third-order valence-corrected chi connectivity index (χ3v) is 3.56. The molecule has 0 saturated heterocycles. The first-order chi connectivity index (χ1) is 10.5. The maximum Gasteiger partial charge on any atom is 0.302 e. The number of hydrogen-bond acceptors (Lipinski definition) is 4. The van der Waals surface area contributed by atoms with E-state index in [0.717, 1.165) is 29.7 Å². The van der Waals surface area contributed by atoms with Crippen molar-refractivity contribution in [1.29, 1.82) is 0 Å². The fraction of sp³-hybridized carbons (Fsp3) is 0.312. The topological polar surface area (TPSA) is 84.2 Å². The Labute approximate surface area is 127 Å². The second-order valence-corrected chi connectivity index (χ2v) is 5.57. The van der Waals surface area contributed by atoms with E-state index in [1.54, 1.807) is 0 Å². The molecule has 2 aromatic rings. The Hall–Kier alpha value is -2.63. The summed E-state index contributed by atoms with van der Waals surface area (Å²) in [6.45, 7) is 3.87. The summed E-state index contributed by atoms with van der Waals surface area (Å²) in [6.07, 6.45) is 3.03. The monoisotopic (exact) mass is 299 g/mol. The van der Waals surface area contributed by atoms with E-state index in [4.69, 9.17) is 4.42 Å². The van der Waals surface area contributed by atoms with Crippen LogP contribution in [-0.2, 0) is 4.79 Å². The average Bonchev–Trinajstić information content (AvgIpc) is 3.23. The number of amides is 2. The standard InChI is InChI=1S/C16H17N3O3/c1-9-3-4-10(2)12(7-9)17-15(21)13-8-22-16(18-13)19-14(20)11-5-6-11/h3-4,7-8,11H,5-6H2,1-2H3,(H,17,21)(H,18,19,20). The van der Waals surface area contributed by atoms with E-state index >= 15 is 0 Å². The lowest BCUT2D eigenvalue weighted by Crippen LogP contribution is -2.15. The molecule has 2 N–H and O–H groups in total. The minimum atomic E-state index is -0.371. The molecular weight excluding hydrogens is 282 g/mol. The lowest BCUT2D eigenvalue weighted by molar-refractivity contribution is -0.117. The summed E-state index contributed by atoms with van der Waals surface area (Å²) < 4.78 is 5.12. The fourth-order valence-electron chi connectivity index (χ4n) is 2.05. The Morgan fingerprint density at radius 3 is 2.73 bits per heavy atom. The maximum atomic E-state index is 12.2. The number of anilines is 2. The number of nitrogens with zero attached hydrogens (tertiary/aromatic N) is 1. The molecule has 1 saturated carbocycles. The van der Waals surface area contributed by atoms with Crippen LogP contribution in [0.25, 0.3) is 0 Å². The number of rotatable bonds is 4. The second kappa shape index (κ2) is 5.63. The van der Waals surface area contributed by atoms with Crippen molar-refractivity contribution < 1.29 is 14.0 Å². The molecule has 2 amide bonds. The van der Waals surface area contributed by atoms with Crippen molar-refractivity contribution >= 4 is 23.5 Å². The van der Waals surface area contributed by atoms with Crippen molar-refractivity contribution in [1.82, 2.24) is 4.98 Å². The number of oxazole rings is 1. The third-order valence-electron chi connectivity index (χ3n) is 3.56. The Morgan fingerprint density at radius 2 is 2.00 bits per heavy atom. The van der Waals surface area contributed by atoms with Crippen LogP contribution in [0.2, 0.25) is 0 Å². The van der Waals surface area contributed by atoms with E-state index in [2.05, 4.69) is 15.6 Å². The van der Waals surface area contributed by atoms with Crippen LogP contribution in [0.15, 0.2) is 28.9 Å². The van der Waals surface area contributed by atoms with Gasteiger partial charge < -0.3 is 9.73 Å². The highest BCUT2D eigenvalue weighted by Crippen LogP contribution is 2.30. The molecule has 22 heavy (non-hydrogen) atoms. The van der Waals surface area contributed by atoms with Gasteiger partial charge >= 0.3 is 6.01 Å². The Kier molecular flexibility index (Phi) is 3.66. The zero-order valence-electron chi connectivity index (χ0n) is 12.5. The summed E-state index contributed by atoms with van der Waals surface area (Å²) in [5.41, 5.74) is 2.88. The number of aryl methyl sites for hydroxylation is 2. The predicted octanol–water partition coefficient (Wildman–Crippen LogP) is 2.89. The quantitative estimate of drug-likeness (QED) is 0.909. The molecule has 6 nitrogen and oxygen atoms in total. The molecular formula is C16H17N3O3. The van der Waals surface area contributed by atoms with Crippen LogP contribution in [0.4, 0.5) is 11.7 Å². The van der Waals surface area contributed by atoms with Gasteiger partial charge in [-0.25, -0.2) is 0 Å². The number of carbonyl (C=O) groups is 2. The fourth-order valence-corrected chi connectivity index (χ4v) is 2.05. The molecule has 0 spiro atoms. The Bertz CT molecular complexity index is 732. The first kappa shape index (κ1) is 14.3. The summed E-state index contributed by atoms with van der Waals surface area (Å²) in [6, 6.07) is 5.87. The Balaban J connectivity index is 1.68. The van der Waals surface area contributed by atoms with Gasteiger partial charge in [0.1, 0.15) is 6.26 Å². The number of hydrogen-bond donors (Lipinski definition) is 2. The normalized spacial score (nSPS) is 13.7. The molecule has 0 unspecified atom stereocenters. The smallest absolute Gasteiger partial charge is 0.302 e. The number of carbonyl (C=O) groups excluding carboxylic acids is 2. The van der Waals surface area contributed by atoms with Gasteiger partial charge in [-0.05, 0) is 43.9 Å². The molecule has 114 valence electrons. The highest BCUT2D eigenvalue weighted by atomic mass is 16.4. The zero-order valence-corrected chi connectivity index (χ0v) is 12.5. The van der Waals surface area contributed by atoms with E-state index < -0.39 is 0 Å². The SMILES string of the molecule is Cc1ccc(C)c(NC(=O)c2coc(NC(=O)C3CC3)n2)c1. The summed E-state index contributed by atoms with van der Waals surface area (Å²) >= 11 is 0.